The summed E-state index contributed by atoms with van der Waals surface area (Å²) in [6.45, 7) is -1.56. The van der Waals surface area contributed by atoms with Crippen molar-refractivity contribution in [3.63, 3.8) is 0 Å². The van der Waals surface area contributed by atoms with Crippen molar-refractivity contribution < 1.29 is 30.7 Å². The highest BCUT2D eigenvalue weighted by Gasteiger charge is 2.41. The molecule has 0 unspecified atom stereocenters. The van der Waals surface area contributed by atoms with Crippen molar-refractivity contribution in [2.75, 3.05) is 19.4 Å². The molecule has 0 saturated carbocycles. The molecular formula is C10H12F4N2O3S. The molecule has 1 rings (SSSR count). The maximum absolute atomic E-state index is 12.7. The van der Waals surface area contributed by atoms with Gasteiger partial charge in [-0.15, -0.1) is 0 Å². The summed E-state index contributed by atoms with van der Waals surface area (Å²) in [4.78, 5) is -0.203. The van der Waals surface area contributed by atoms with Gasteiger partial charge in [-0.1, -0.05) is 0 Å². The van der Waals surface area contributed by atoms with E-state index < -0.39 is 29.0 Å². The van der Waals surface area contributed by atoms with Crippen LogP contribution in [0.2, 0.25) is 0 Å². The molecule has 20 heavy (non-hydrogen) atoms. The van der Waals surface area contributed by atoms with E-state index in [1.807, 2.05) is 4.72 Å². The molecule has 5 nitrogen and oxygen atoms in total. The third-order valence-electron chi connectivity index (χ3n) is 2.30. The monoisotopic (exact) mass is 316 g/mol. The highest BCUT2D eigenvalue weighted by molar-refractivity contribution is 7.89. The number of nitrogen functional groups attached to an aromatic ring is 1. The number of rotatable bonds is 6. The van der Waals surface area contributed by atoms with E-state index in [1.54, 1.807) is 0 Å². The first-order valence-corrected chi connectivity index (χ1v) is 6.70. The van der Waals surface area contributed by atoms with E-state index in [-0.39, 0.29) is 16.3 Å². The highest BCUT2D eigenvalue weighted by atomic mass is 32.2. The predicted molar refractivity (Wildman–Crippen MR) is 63.5 cm³/mol. The summed E-state index contributed by atoms with van der Waals surface area (Å²) in [6, 6.07) is 3.04. The summed E-state index contributed by atoms with van der Waals surface area (Å²) >= 11 is 0. The Labute approximate surface area is 112 Å². The van der Waals surface area contributed by atoms with Crippen LogP contribution < -0.4 is 15.2 Å². The zero-order chi connectivity index (χ0) is 15.6. The van der Waals surface area contributed by atoms with Gasteiger partial charge in [0.25, 0.3) is 0 Å². The molecule has 0 aliphatic rings. The van der Waals surface area contributed by atoms with Crippen molar-refractivity contribution >= 4 is 15.7 Å². The lowest BCUT2D eigenvalue weighted by Gasteiger charge is -2.17. The van der Waals surface area contributed by atoms with E-state index in [0.29, 0.717) is 0 Å². The third-order valence-corrected chi connectivity index (χ3v) is 3.71. The largest absolute Gasteiger partial charge is 0.485 e. The first kappa shape index (κ1) is 16.5. The van der Waals surface area contributed by atoms with Crippen molar-refractivity contribution in [1.82, 2.24) is 4.72 Å². The Balaban J connectivity index is 2.90. The number of hydrogen-bond donors (Lipinski definition) is 2. The molecule has 0 heterocycles. The molecular weight excluding hydrogens is 304 g/mol. The van der Waals surface area contributed by atoms with Crippen LogP contribution in [0.4, 0.5) is 23.2 Å². The van der Waals surface area contributed by atoms with Gasteiger partial charge >= 0.3 is 12.3 Å². The van der Waals surface area contributed by atoms with Crippen LogP contribution in [-0.4, -0.2) is 34.4 Å². The molecule has 0 bridgehead atoms. The van der Waals surface area contributed by atoms with E-state index in [2.05, 4.69) is 4.74 Å². The molecule has 0 atom stereocenters. The van der Waals surface area contributed by atoms with E-state index >= 15 is 0 Å². The van der Waals surface area contributed by atoms with Gasteiger partial charge in [0.05, 0.1) is 10.6 Å². The lowest BCUT2D eigenvalue weighted by molar-refractivity contribution is -0.148. The summed E-state index contributed by atoms with van der Waals surface area (Å²) in [7, 11) is -2.57. The predicted octanol–water partition coefficient (Wildman–Crippen LogP) is 1.46. The van der Waals surface area contributed by atoms with Crippen LogP contribution in [0, 0.1) is 0 Å². The number of hydrogen-bond acceptors (Lipinski definition) is 4. The molecule has 3 N–H and O–H groups in total. The molecule has 0 saturated heterocycles. The van der Waals surface area contributed by atoms with Gasteiger partial charge in [0, 0.05) is 0 Å². The maximum Gasteiger partial charge on any atom is 0.340 e. The lowest BCUT2D eigenvalue weighted by Crippen LogP contribution is -2.33. The van der Waals surface area contributed by atoms with Crippen LogP contribution in [0.1, 0.15) is 0 Å². The van der Waals surface area contributed by atoms with Crippen molar-refractivity contribution in [2.24, 2.45) is 0 Å². The van der Waals surface area contributed by atoms with Crippen molar-refractivity contribution in [3.8, 4) is 5.75 Å². The quantitative estimate of drug-likeness (QED) is 0.615. The summed E-state index contributed by atoms with van der Waals surface area (Å²) in [6.07, 6.45) is -3.87. The molecule has 0 fully saturated rings. The molecule has 114 valence electrons. The minimum atomic E-state index is -4.32. The Bertz CT molecular complexity index is 578. The van der Waals surface area contributed by atoms with Gasteiger partial charge in [-0.2, -0.15) is 8.78 Å². The zero-order valence-electron chi connectivity index (χ0n) is 10.2. The van der Waals surface area contributed by atoms with E-state index in [9.17, 15) is 26.0 Å². The number of sulfonamides is 1. The van der Waals surface area contributed by atoms with Crippen molar-refractivity contribution in [1.29, 1.82) is 0 Å². The van der Waals surface area contributed by atoms with Crippen LogP contribution in [0.25, 0.3) is 0 Å². The number of nitrogens with one attached hydrogen (secondary N) is 1. The fraction of sp³-hybridized carbons (Fsp3) is 0.400. The Hall–Kier alpha value is -1.55. The normalized spacial score (nSPS) is 12.7. The number of anilines is 1. The lowest BCUT2D eigenvalue weighted by atomic mass is 10.3. The highest BCUT2D eigenvalue weighted by Crippen LogP contribution is 2.28. The van der Waals surface area contributed by atoms with E-state index in [1.165, 1.54) is 7.05 Å². The zero-order valence-corrected chi connectivity index (χ0v) is 11.1. The van der Waals surface area contributed by atoms with Crippen molar-refractivity contribution in [3.05, 3.63) is 18.2 Å². The van der Waals surface area contributed by atoms with E-state index in [0.717, 1.165) is 18.2 Å². The SMILES string of the molecule is CNS(=O)(=O)c1ccc(OCC(F)(F)C(F)F)c(N)c1. The molecule has 1 aromatic carbocycles. The van der Waals surface area contributed by atoms with Gasteiger partial charge in [-0.05, 0) is 25.2 Å². The van der Waals surface area contributed by atoms with Crippen LogP contribution >= 0.6 is 0 Å². The third kappa shape index (κ3) is 3.73. The second-order valence-electron chi connectivity index (χ2n) is 3.76. The summed E-state index contributed by atoms with van der Waals surface area (Å²) in [5, 5.41) is 0. The Kier molecular flexibility index (Phi) is 4.81. The maximum atomic E-state index is 12.7. The van der Waals surface area contributed by atoms with Crippen LogP contribution in [0.15, 0.2) is 23.1 Å². The number of benzene rings is 1. The van der Waals surface area contributed by atoms with Crippen LogP contribution in [0.3, 0.4) is 0 Å². The minimum absolute atomic E-state index is 0.203. The average Bonchev–Trinajstić information content (AvgIpc) is 2.37. The van der Waals surface area contributed by atoms with Crippen LogP contribution in [-0.2, 0) is 10.0 Å². The molecule has 10 heteroatoms. The second kappa shape index (κ2) is 5.83. The van der Waals surface area contributed by atoms with Gasteiger partial charge in [0.1, 0.15) is 5.75 Å². The first-order valence-electron chi connectivity index (χ1n) is 5.22. The molecule has 0 spiro atoms. The summed E-state index contributed by atoms with van der Waals surface area (Å²) in [5.41, 5.74) is 5.17. The fourth-order valence-corrected chi connectivity index (χ4v) is 1.94. The number of nitrogens with two attached hydrogens (primary N) is 1. The number of ether oxygens (including phenoxy) is 1. The minimum Gasteiger partial charge on any atom is -0.485 e. The van der Waals surface area contributed by atoms with Crippen molar-refractivity contribution in [2.45, 2.75) is 17.2 Å². The van der Waals surface area contributed by atoms with Crippen LogP contribution in [0.5, 0.6) is 5.75 Å². The van der Waals surface area contributed by atoms with Gasteiger partial charge < -0.3 is 10.5 Å². The van der Waals surface area contributed by atoms with Gasteiger partial charge in [-0.3, -0.25) is 0 Å². The number of halogens is 4. The van der Waals surface area contributed by atoms with Gasteiger partial charge in [0.2, 0.25) is 10.0 Å². The molecule has 0 aromatic heterocycles. The van der Waals surface area contributed by atoms with E-state index in [4.69, 9.17) is 5.73 Å². The van der Waals surface area contributed by atoms with Gasteiger partial charge in [-0.25, -0.2) is 21.9 Å². The Morgan fingerprint density at radius 3 is 2.45 bits per heavy atom. The molecule has 1 aromatic rings. The van der Waals surface area contributed by atoms with Gasteiger partial charge in [0.15, 0.2) is 6.61 Å². The topological polar surface area (TPSA) is 81.4 Å². The fourth-order valence-electron chi connectivity index (χ4n) is 1.18. The standard InChI is InChI=1S/C10H12F4N2O3S/c1-16-20(17,18)6-2-3-8(7(15)4-6)19-5-10(13,14)9(11)12/h2-4,9,16H,5,15H2,1H3. The molecule has 0 radical (unpaired) electrons. The summed E-state index contributed by atoms with van der Waals surface area (Å²) in [5.74, 6) is -4.62. The molecule has 0 amide bonds. The average molecular weight is 316 g/mol. The molecule has 0 aliphatic carbocycles. The Morgan fingerprint density at radius 1 is 1.40 bits per heavy atom. The first-order chi connectivity index (χ1) is 9.10. The second-order valence-corrected chi connectivity index (χ2v) is 5.64. The molecule has 0 aliphatic heterocycles. The smallest absolute Gasteiger partial charge is 0.340 e. The number of alkyl halides is 4. The summed E-state index contributed by atoms with van der Waals surface area (Å²) < 4.78 is 78.6. The Morgan fingerprint density at radius 2 is 2.00 bits per heavy atom.